The van der Waals surface area contributed by atoms with E-state index in [1.165, 1.54) is 4.90 Å². The van der Waals surface area contributed by atoms with E-state index in [0.29, 0.717) is 12.6 Å². The molecule has 1 rings (SSSR count). The molecule has 0 aromatic heterocycles. The Morgan fingerprint density at radius 1 is 1.18 bits per heavy atom. The minimum Gasteiger partial charge on any atom is -0.317 e. The van der Waals surface area contributed by atoms with E-state index in [1.807, 2.05) is 20.9 Å². The number of rotatable bonds is 6. The SMILES string of the molecule is CNC(C)CCCCN1C(=O)C(C)C(C)C1=O. The summed E-state index contributed by atoms with van der Waals surface area (Å²) in [5, 5.41) is 3.18. The molecule has 17 heavy (non-hydrogen) atoms. The highest BCUT2D eigenvalue weighted by Crippen LogP contribution is 2.25. The standard InChI is InChI=1S/C13H24N2O2/c1-9(14-4)7-5-6-8-15-12(16)10(2)11(3)13(15)17/h9-11,14H,5-8H2,1-4H3. The van der Waals surface area contributed by atoms with Crippen LogP contribution < -0.4 is 5.32 Å². The number of amides is 2. The van der Waals surface area contributed by atoms with Crippen molar-refractivity contribution < 1.29 is 9.59 Å². The fourth-order valence-corrected chi connectivity index (χ4v) is 2.11. The summed E-state index contributed by atoms with van der Waals surface area (Å²) in [7, 11) is 1.95. The molecule has 98 valence electrons. The Bertz CT molecular complexity index is 271. The number of imide groups is 1. The van der Waals surface area contributed by atoms with Crippen molar-refractivity contribution in [3.63, 3.8) is 0 Å². The third-order valence-corrected chi connectivity index (χ3v) is 3.82. The Morgan fingerprint density at radius 2 is 1.71 bits per heavy atom. The summed E-state index contributed by atoms with van der Waals surface area (Å²) in [4.78, 5) is 25.1. The second-order valence-electron chi connectivity index (χ2n) is 5.09. The molecular formula is C13H24N2O2. The normalized spacial score (nSPS) is 26.7. The second-order valence-corrected chi connectivity index (χ2v) is 5.09. The molecule has 0 spiro atoms. The first-order valence-corrected chi connectivity index (χ1v) is 6.51. The fraction of sp³-hybridized carbons (Fsp3) is 0.846. The average Bonchev–Trinajstić information content (AvgIpc) is 2.50. The minimum atomic E-state index is -0.140. The lowest BCUT2D eigenvalue weighted by Gasteiger charge is -2.15. The smallest absolute Gasteiger partial charge is 0.232 e. The van der Waals surface area contributed by atoms with Gasteiger partial charge in [-0.15, -0.1) is 0 Å². The number of hydrogen-bond acceptors (Lipinski definition) is 3. The summed E-state index contributed by atoms with van der Waals surface area (Å²) in [5.74, 6) is -0.272. The van der Waals surface area contributed by atoms with Gasteiger partial charge >= 0.3 is 0 Å². The molecule has 3 atom stereocenters. The second kappa shape index (κ2) is 6.15. The predicted molar refractivity (Wildman–Crippen MR) is 67.4 cm³/mol. The lowest BCUT2D eigenvalue weighted by molar-refractivity contribution is -0.139. The third kappa shape index (κ3) is 3.28. The van der Waals surface area contributed by atoms with Gasteiger partial charge < -0.3 is 5.32 Å². The molecule has 1 heterocycles. The molecule has 0 radical (unpaired) electrons. The highest BCUT2D eigenvalue weighted by atomic mass is 16.2. The summed E-state index contributed by atoms with van der Waals surface area (Å²) in [6.07, 6.45) is 3.03. The number of hydrogen-bond donors (Lipinski definition) is 1. The summed E-state index contributed by atoms with van der Waals surface area (Å²) in [6.45, 7) is 6.40. The van der Waals surface area contributed by atoms with Crippen molar-refractivity contribution in [2.24, 2.45) is 11.8 Å². The highest BCUT2D eigenvalue weighted by Gasteiger charge is 2.41. The van der Waals surface area contributed by atoms with Gasteiger partial charge in [0.15, 0.2) is 0 Å². The number of unbranched alkanes of at least 4 members (excludes halogenated alkanes) is 1. The van der Waals surface area contributed by atoms with Crippen LogP contribution in [0.4, 0.5) is 0 Å². The summed E-state index contributed by atoms with van der Waals surface area (Å²) < 4.78 is 0. The van der Waals surface area contributed by atoms with Gasteiger partial charge in [-0.2, -0.15) is 0 Å². The number of carbonyl (C=O) groups excluding carboxylic acids is 2. The van der Waals surface area contributed by atoms with Crippen molar-refractivity contribution in [3.05, 3.63) is 0 Å². The Morgan fingerprint density at radius 3 is 2.18 bits per heavy atom. The van der Waals surface area contributed by atoms with Crippen LogP contribution >= 0.6 is 0 Å². The Labute approximate surface area is 104 Å². The highest BCUT2D eigenvalue weighted by molar-refractivity contribution is 6.04. The van der Waals surface area contributed by atoms with Crippen LogP contribution in [0.2, 0.25) is 0 Å². The fourth-order valence-electron chi connectivity index (χ4n) is 2.11. The molecule has 0 aromatic carbocycles. The van der Waals surface area contributed by atoms with Gasteiger partial charge in [-0.05, 0) is 26.8 Å². The van der Waals surface area contributed by atoms with Gasteiger partial charge in [0, 0.05) is 24.4 Å². The zero-order valence-electron chi connectivity index (χ0n) is 11.3. The van der Waals surface area contributed by atoms with E-state index in [1.54, 1.807) is 0 Å². The summed E-state index contributed by atoms with van der Waals surface area (Å²) in [5.41, 5.74) is 0. The first-order chi connectivity index (χ1) is 7.99. The molecule has 1 aliphatic heterocycles. The Hall–Kier alpha value is -0.900. The van der Waals surface area contributed by atoms with Crippen LogP contribution in [0.3, 0.4) is 0 Å². The van der Waals surface area contributed by atoms with E-state index in [-0.39, 0.29) is 23.7 Å². The first-order valence-electron chi connectivity index (χ1n) is 6.51. The van der Waals surface area contributed by atoms with E-state index < -0.39 is 0 Å². The molecule has 3 unspecified atom stereocenters. The molecule has 1 aliphatic rings. The molecule has 1 N–H and O–H groups in total. The topological polar surface area (TPSA) is 49.4 Å². The number of carbonyl (C=O) groups is 2. The van der Waals surface area contributed by atoms with E-state index >= 15 is 0 Å². The summed E-state index contributed by atoms with van der Waals surface area (Å²) >= 11 is 0. The van der Waals surface area contributed by atoms with E-state index in [0.717, 1.165) is 19.3 Å². The molecule has 0 aromatic rings. The molecule has 0 bridgehead atoms. The maximum atomic E-state index is 11.8. The van der Waals surface area contributed by atoms with Crippen molar-refractivity contribution in [3.8, 4) is 0 Å². The monoisotopic (exact) mass is 240 g/mol. The van der Waals surface area contributed by atoms with E-state index in [4.69, 9.17) is 0 Å². The predicted octanol–water partition coefficient (Wildman–Crippen LogP) is 1.41. The molecule has 1 saturated heterocycles. The lowest BCUT2D eigenvalue weighted by Crippen LogP contribution is -2.32. The number of nitrogens with one attached hydrogen (secondary N) is 1. The number of likely N-dealkylation sites (tertiary alicyclic amines) is 1. The van der Waals surface area contributed by atoms with E-state index in [2.05, 4.69) is 12.2 Å². The third-order valence-electron chi connectivity index (χ3n) is 3.82. The molecule has 4 nitrogen and oxygen atoms in total. The van der Waals surface area contributed by atoms with Crippen LogP contribution in [0.1, 0.15) is 40.0 Å². The van der Waals surface area contributed by atoms with Gasteiger partial charge in [-0.1, -0.05) is 20.3 Å². The zero-order chi connectivity index (χ0) is 13.0. The van der Waals surface area contributed by atoms with Gasteiger partial charge in [0.2, 0.25) is 11.8 Å². The molecule has 1 fully saturated rings. The van der Waals surface area contributed by atoms with Crippen LogP contribution in [-0.2, 0) is 9.59 Å². The molecular weight excluding hydrogens is 216 g/mol. The van der Waals surface area contributed by atoms with Crippen LogP contribution in [0.5, 0.6) is 0 Å². The molecule has 2 amide bonds. The zero-order valence-corrected chi connectivity index (χ0v) is 11.3. The van der Waals surface area contributed by atoms with Gasteiger partial charge in [0.25, 0.3) is 0 Å². The average molecular weight is 240 g/mol. The quantitative estimate of drug-likeness (QED) is 0.564. The first kappa shape index (κ1) is 14.2. The Kier molecular flexibility index (Phi) is 5.12. The van der Waals surface area contributed by atoms with E-state index in [9.17, 15) is 9.59 Å². The van der Waals surface area contributed by atoms with Gasteiger partial charge in [0.1, 0.15) is 0 Å². The van der Waals surface area contributed by atoms with Crippen molar-refractivity contribution in [2.45, 2.75) is 46.1 Å². The summed E-state index contributed by atoms with van der Waals surface area (Å²) in [6, 6.07) is 0.498. The van der Waals surface area contributed by atoms with Gasteiger partial charge in [-0.25, -0.2) is 0 Å². The van der Waals surface area contributed by atoms with Crippen molar-refractivity contribution in [1.82, 2.24) is 10.2 Å². The van der Waals surface area contributed by atoms with Crippen LogP contribution in [-0.4, -0.2) is 36.3 Å². The van der Waals surface area contributed by atoms with Crippen LogP contribution in [0.15, 0.2) is 0 Å². The molecule has 0 aliphatic carbocycles. The Balaban J connectivity index is 2.33. The molecule has 4 heteroatoms. The van der Waals surface area contributed by atoms with Crippen LogP contribution in [0.25, 0.3) is 0 Å². The lowest BCUT2D eigenvalue weighted by atomic mass is 10.00. The van der Waals surface area contributed by atoms with Crippen LogP contribution in [0, 0.1) is 11.8 Å². The molecule has 0 saturated carbocycles. The van der Waals surface area contributed by atoms with Crippen molar-refractivity contribution in [2.75, 3.05) is 13.6 Å². The van der Waals surface area contributed by atoms with Gasteiger partial charge in [-0.3, -0.25) is 14.5 Å². The van der Waals surface area contributed by atoms with Crippen molar-refractivity contribution >= 4 is 11.8 Å². The minimum absolute atomic E-state index is 0.00386. The van der Waals surface area contributed by atoms with Crippen molar-refractivity contribution in [1.29, 1.82) is 0 Å². The van der Waals surface area contributed by atoms with Gasteiger partial charge in [0.05, 0.1) is 0 Å². The maximum absolute atomic E-state index is 11.8. The number of nitrogens with zero attached hydrogens (tertiary/aromatic N) is 1. The maximum Gasteiger partial charge on any atom is 0.232 e. The largest absolute Gasteiger partial charge is 0.317 e.